The van der Waals surface area contributed by atoms with Gasteiger partial charge in [-0.1, -0.05) is 68.2 Å². The first-order valence-corrected chi connectivity index (χ1v) is 11.0. The number of hydrogen-bond donors (Lipinski definition) is 3. The Morgan fingerprint density at radius 3 is 2.35 bits per heavy atom. The van der Waals surface area contributed by atoms with E-state index >= 15 is 0 Å². The zero-order valence-corrected chi connectivity index (χ0v) is 19.8. The van der Waals surface area contributed by atoms with Gasteiger partial charge in [-0.15, -0.1) is 0 Å². The van der Waals surface area contributed by atoms with E-state index in [-0.39, 0.29) is 47.9 Å². The number of hydrogen-bond acceptors (Lipinski definition) is 5. The number of phenolic OH excluding ortho intramolecular Hbond substituents is 1. The van der Waals surface area contributed by atoms with Gasteiger partial charge >= 0.3 is 5.97 Å². The van der Waals surface area contributed by atoms with Gasteiger partial charge in [0.25, 0.3) is 0 Å². The molecule has 0 aliphatic heterocycles. The van der Waals surface area contributed by atoms with Crippen molar-refractivity contribution in [1.29, 1.82) is 0 Å². The summed E-state index contributed by atoms with van der Waals surface area (Å²) in [7, 11) is 0. The highest BCUT2D eigenvalue weighted by Crippen LogP contribution is 2.42. The van der Waals surface area contributed by atoms with E-state index in [2.05, 4.69) is 10.3 Å². The number of aromatic hydroxyl groups is 1. The van der Waals surface area contributed by atoms with Crippen LogP contribution in [0.3, 0.4) is 0 Å². The lowest BCUT2D eigenvalue weighted by Crippen LogP contribution is -2.32. The molecule has 0 spiro atoms. The molecule has 0 aliphatic carbocycles. The molecule has 3 aromatic rings. The average molecular weight is 530 g/mol. The largest absolute Gasteiger partial charge is 0.508 e. The first-order chi connectivity index (χ1) is 15.6. The number of pyridine rings is 1. The van der Waals surface area contributed by atoms with E-state index in [0.29, 0.717) is 16.1 Å². The first-order valence-electron chi connectivity index (χ1n) is 9.85. The number of ether oxygens (including phenoxy) is 1. The van der Waals surface area contributed by atoms with Gasteiger partial charge in [-0.05, 0) is 41.8 Å². The van der Waals surface area contributed by atoms with Crippen LogP contribution in [0.25, 0.3) is 0 Å². The molecule has 0 radical (unpaired) electrons. The summed E-state index contributed by atoms with van der Waals surface area (Å²) < 4.78 is 20.2. The molecule has 0 amide bonds. The summed E-state index contributed by atoms with van der Waals surface area (Å²) in [5, 5.41) is 22.2. The topological polar surface area (TPSA) is 91.7 Å². The van der Waals surface area contributed by atoms with Gasteiger partial charge in [-0.2, -0.15) is 9.37 Å². The van der Waals surface area contributed by atoms with E-state index in [9.17, 15) is 19.4 Å². The molecule has 1 heterocycles. The minimum atomic E-state index is -1.19. The van der Waals surface area contributed by atoms with Gasteiger partial charge < -0.3 is 20.3 Å². The number of aromatic nitrogens is 1. The third-order valence-electron chi connectivity index (χ3n) is 4.80. The minimum Gasteiger partial charge on any atom is -0.508 e. The van der Waals surface area contributed by atoms with Gasteiger partial charge in [0, 0.05) is 17.0 Å². The van der Waals surface area contributed by atoms with Crippen LogP contribution in [-0.4, -0.2) is 27.2 Å². The van der Waals surface area contributed by atoms with E-state index < -0.39 is 23.0 Å². The molecule has 0 fully saturated rings. The van der Waals surface area contributed by atoms with Crippen molar-refractivity contribution in [1.82, 2.24) is 4.98 Å². The van der Waals surface area contributed by atoms with E-state index in [0.717, 1.165) is 0 Å². The lowest BCUT2D eigenvalue weighted by Gasteiger charge is -2.19. The summed E-state index contributed by atoms with van der Waals surface area (Å²) in [5.41, 5.74) is 1.30. The van der Waals surface area contributed by atoms with Crippen molar-refractivity contribution in [2.45, 2.75) is 39.7 Å². The number of nitrogens with one attached hydrogen (secondary N) is 1. The molecule has 0 unspecified atom stereocenters. The maximum Gasteiger partial charge on any atom is 0.326 e. The normalized spacial score (nSPS) is 11.6. The summed E-state index contributed by atoms with van der Waals surface area (Å²) >= 11 is 18.3. The first kappa shape index (κ1) is 27.5. The molecular weight excluding hydrogens is 506 g/mol. The Labute approximate surface area is 212 Å². The van der Waals surface area contributed by atoms with Crippen LogP contribution in [0.1, 0.15) is 38.3 Å². The molecular formula is C24H24Cl3FN2O4. The van der Waals surface area contributed by atoms with E-state index in [1.165, 1.54) is 12.1 Å². The Hall–Kier alpha value is -2.74. The second kappa shape index (κ2) is 11.6. The molecule has 182 valence electrons. The Morgan fingerprint density at radius 1 is 1.12 bits per heavy atom. The number of halogens is 4. The number of phenols is 1. The Morgan fingerprint density at radius 2 is 1.76 bits per heavy atom. The fourth-order valence-electron chi connectivity index (χ4n) is 3.08. The van der Waals surface area contributed by atoms with Crippen molar-refractivity contribution >= 4 is 46.6 Å². The predicted molar refractivity (Wildman–Crippen MR) is 133 cm³/mol. The molecule has 0 saturated carbocycles. The number of anilines is 1. The van der Waals surface area contributed by atoms with Crippen LogP contribution in [0.4, 0.5) is 10.2 Å². The summed E-state index contributed by atoms with van der Waals surface area (Å²) in [5.74, 6) is -2.41. The van der Waals surface area contributed by atoms with Crippen LogP contribution in [0.2, 0.25) is 15.1 Å². The Balaban J connectivity index is 0.00000408. The van der Waals surface area contributed by atoms with Crippen LogP contribution in [-0.2, 0) is 11.2 Å². The van der Waals surface area contributed by atoms with Crippen LogP contribution >= 0.6 is 34.8 Å². The molecule has 3 rings (SSSR count). The average Bonchev–Trinajstić information content (AvgIpc) is 2.76. The monoisotopic (exact) mass is 528 g/mol. The summed E-state index contributed by atoms with van der Waals surface area (Å²) in [6.45, 7) is 3.78. The molecule has 0 bridgehead atoms. The second-order valence-corrected chi connectivity index (χ2v) is 8.74. The number of carboxylic acid groups (broad SMARTS) is 1. The minimum absolute atomic E-state index is 0. The van der Waals surface area contributed by atoms with Crippen LogP contribution < -0.4 is 10.1 Å². The number of nitrogens with zero attached hydrogens (tertiary/aromatic N) is 1. The van der Waals surface area contributed by atoms with Gasteiger partial charge in [0.15, 0.2) is 11.6 Å². The van der Waals surface area contributed by atoms with Crippen molar-refractivity contribution in [2.75, 3.05) is 5.32 Å². The Bertz CT molecular complexity index is 1170. The van der Waals surface area contributed by atoms with Crippen molar-refractivity contribution in [3.8, 4) is 17.2 Å². The molecule has 2 aromatic carbocycles. The Kier molecular flexibility index (Phi) is 9.38. The van der Waals surface area contributed by atoms with Gasteiger partial charge in [0.05, 0.1) is 0 Å². The predicted octanol–water partition coefficient (Wildman–Crippen LogP) is 7.55. The summed E-state index contributed by atoms with van der Waals surface area (Å²) in [6, 6.07) is 9.96. The molecule has 0 aliphatic rings. The van der Waals surface area contributed by atoms with Crippen molar-refractivity contribution in [3.05, 3.63) is 74.6 Å². The summed E-state index contributed by atoms with van der Waals surface area (Å²) in [4.78, 5) is 15.5. The van der Waals surface area contributed by atoms with Gasteiger partial charge in [-0.25, -0.2) is 4.79 Å². The highest BCUT2D eigenvalue weighted by molar-refractivity contribution is 6.38. The molecule has 34 heavy (non-hydrogen) atoms. The molecule has 10 heteroatoms. The van der Waals surface area contributed by atoms with E-state index in [4.69, 9.17) is 39.5 Å². The number of aliphatic carboxylic acids is 1. The number of rotatable bonds is 8. The molecule has 6 nitrogen and oxygen atoms in total. The molecule has 0 saturated heterocycles. The lowest BCUT2D eigenvalue weighted by atomic mass is 10.0. The quantitative estimate of drug-likeness (QED) is 0.261. The lowest BCUT2D eigenvalue weighted by molar-refractivity contribution is -0.137. The number of carbonyl (C=O) groups is 1. The highest BCUT2D eigenvalue weighted by atomic mass is 35.5. The SMILES string of the molecule is C.CC(C)c1cc(Oc2c(Cl)c(F)nc(N[C@H](Cc3ccc(Cl)cc3)C(=O)O)c2Cl)ccc1O. The number of carboxylic acids is 1. The number of benzene rings is 2. The molecule has 3 N–H and O–H groups in total. The highest BCUT2D eigenvalue weighted by Gasteiger charge is 2.25. The summed E-state index contributed by atoms with van der Waals surface area (Å²) in [6.07, 6.45) is 0.0562. The van der Waals surface area contributed by atoms with Crippen molar-refractivity contribution in [2.24, 2.45) is 0 Å². The molecule has 1 aromatic heterocycles. The smallest absolute Gasteiger partial charge is 0.326 e. The van der Waals surface area contributed by atoms with Gasteiger partial charge in [0.2, 0.25) is 5.95 Å². The van der Waals surface area contributed by atoms with Crippen molar-refractivity contribution in [3.63, 3.8) is 0 Å². The third-order valence-corrected chi connectivity index (χ3v) is 5.73. The standard InChI is InChI=1S/C23H20Cl3FN2O4.CH4/c1-11(2)15-10-14(7-8-17(15)30)33-20-18(25)21(27)29-22(19(20)26)28-16(23(31)32)9-12-3-5-13(24)6-4-12;/h3-8,10-11,16,30H,9H2,1-2H3,(H,28,29)(H,31,32);1H4/t16-;/m1./s1. The van der Waals surface area contributed by atoms with Gasteiger partial charge in [-0.3, -0.25) is 0 Å². The zero-order chi connectivity index (χ0) is 24.3. The molecule has 1 atom stereocenters. The fourth-order valence-corrected chi connectivity index (χ4v) is 3.66. The fraction of sp³-hybridized carbons (Fsp3) is 0.250. The van der Waals surface area contributed by atoms with Crippen LogP contribution in [0.5, 0.6) is 17.2 Å². The maximum absolute atomic E-state index is 14.5. The zero-order valence-electron chi connectivity index (χ0n) is 17.6. The van der Waals surface area contributed by atoms with Crippen LogP contribution in [0, 0.1) is 5.95 Å². The van der Waals surface area contributed by atoms with Crippen molar-refractivity contribution < 1.29 is 24.1 Å². The van der Waals surface area contributed by atoms with Crippen LogP contribution in [0.15, 0.2) is 42.5 Å². The third kappa shape index (κ3) is 6.44. The van der Waals surface area contributed by atoms with Gasteiger partial charge in [0.1, 0.15) is 27.6 Å². The maximum atomic E-state index is 14.5. The van der Waals surface area contributed by atoms with E-state index in [1.54, 1.807) is 30.3 Å². The van der Waals surface area contributed by atoms with E-state index in [1.807, 2.05) is 13.8 Å². The second-order valence-electron chi connectivity index (χ2n) is 7.55.